The fourth-order valence-corrected chi connectivity index (χ4v) is 4.61. The van der Waals surface area contributed by atoms with E-state index in [0.717, 1.165) is 10.6 Å². The average Bonchev–Trinajstić information content (AvgIpc) is 3.39. The van der Waals surface area contributed by atoms with E-state index in [2.05, 4.69) is 22.1 Å². The zero-order valence-electron chi connectivity index (χ0n) is 19.2. The summed E-state index contributed by atoms with van der Waals surface area (Å²) in [5.41, 5.74) is 0.357. The SMILES string of the molecule is C=CCn1c(COc2ccc(OC)cc2)nnc1SCC(=O)Nc1sc(C)cc1C(=O)OCC. The van der Waals surface area contributed by atoms with Gasteiger partial charge in [0.2, 0.25) is 5.91 Å². The van der Waals surface area contributed by atoms with Gasteiger partial charge in [0.05, 0.1) is 25.0 Å². The predicted octanol–water partition coefficient (Wildman–Crippen LogP) is 4.33. The van der Waals surface area contributed by atoms with Crippen LogP contribution >= 0.6 is 23.1 Å². The lowest BCUT2D eigenvalue weighted by molar-refractivity contribution is -0.113. The second kappa shape index (κ2) is 12.2. The Kier molecular flexibility index (Phi) is 9.11. The number of amides is 1. The molecule has 180 valence electrons. The molecule has 1 N–H and O–H groups in total. The summed E-state index contributed by atoms with van der Waals surface area (Å²) >= 11 is 2.57. The first-order chi connectivity index (χ1) is 16.4. The molecule has 11 heteroatoms. The molecule has 0 saturated carbocycles. The molecule has 1 amide bonds. The number of carbonyl (C=O) groups is 2. The molecule has 2 heterocycles. The van der Waals surface area contributed by atoms with E-state index in [1.807, 2.05) is 35.8 Å². The first-order valence-electron chi connectivity index (χ1n) is 10.4. The molecule has 0 aliphatic carbocycles. The third-order valence-electron chi connectivity index (χ3n) is 4.47. The number of aromatic nitrogens is 3. The van der Waals surface area contributed by atoms with Crippen LogP contribution in [0.3, 0.4) is 0 Å². The summed E-state index contributed by atoms with van der Waals surface area (Å²) in [6, 6.07) is 8.95. The van der Waals surface area contributed by atoms with Crippen LogP contribution in [0.15, 0.2) is 48.1 Å². The number of benzene rings is 1. The van der Waals surface area contributed by atoms with Gasteiger partial charge in [-0.25, -0.2) is 4.79 Å². The minimum absolute atomic E-state index is 0.0911. The Morgan fingerprint density at radius 2 is 1.97 bits per heavy atom. The molecule has 0 unspecified atom stereocenters. The molecule has 0 spiro atoms. The van der Waals surface area contributed by atoms with E-state index in [0.29, 0.717) is 33.8 Å². The molecule has 0 bridgehead atoms. The normalized spacial score (nSPS) is 10.6. The monoisotopic (exact) mass is 502 g/mol. The van der Waals surface area contributed by atoms with Crippen molar-refractivity contribution in [3.63, 3.8) is 0 Å². The number of nitrogens with zero attached hydrogens (tertiary/aromatic N) is 3. The number of methoxy groups -OCH3 is 1. The van der Waals surface area contributed by atoms with Crippen molar-refractivity contribution in [2.45, 2.75) is 32.2 Å². The largest absolute Gasteiger partial charge is 0.497 e. The highest BCUT2D eigenvalue weighted by Gasteiger charge is 2.19. The van der Waals surface area contributed by atoms with Crippen LogP contribution in [0.2, 0.25) is 0 Å². The van der Waals surface area contributed by atoms with Gasteiger partial charge in [-0.1, -0.05) is 17.8 Å². The number of nitrogens with one attached hydrogen (secondary N) is 1. The maximum Gasteiger partial charge on any atom is 0.341 e. The van der Waals surface area contributed by atoms with Crippen molar-refractivity contribution in [1.82, 2.24) is 14.8 Å². The molecule has 9 nitrogen and oxygen atoms in total. The molecule has 0 aliphatic rings. The molecule has 0 radical (unpaired) electrons. The van der Waals surface area contributed by atoms with E-state index in [-0.39, 0.29) is 24.9 Å². The highest BCUT2D eigenvalue weighted by molar-refractivity contribution is 7.99. The van der Waals surface area contributed by atoms with Gasteiger partial charge in [0.1, 0.15) is 23.1 Å². The predicted molar refractivity (Wildman–Crippen MR) is 132 cm³/mol. The molecule has 34 heavy (non-hydrogen) atoms. The van der Waals surface area contributed by atoms with E-state index in [1.165, 1.54) is 23.1 Å². The van der Waals surface area contributed by atoms with Crippen molar-refractivity contribution < 1.29 is 23.8 Å². The van der Waals surface area contributed by atoms with Crippen molar-refractivity contribution in [3.05, 3.63) is 59.3 Å². The smallest absolute Gasteiger partial charge is 0.341 e. The van der Waals surface area contributed by atoms with Crippen LogP contribution in [0.4, 0.5) is 5.00 Å². The summed E-state index contributed by atoms with van der Waals surface area (Å²) in [5, 5.41) is 12.3. The number of hydrogen-bond donors (Lipinski definition) is 1. The van der Waals surface area contributed by atoms with Gasteiger partial charge in [0, 0.05) is 11.4 Å². The fraction of sp³-hybridized carbons (Fsp3) is 0.304. The summed E-state index contributed by atoms with van der Waals surface area (Å²) in [6.07, 6.45) is 1.73. The Morgan fingerprint density at radius 3 is 2.65 bits per heavy atom. The molecule has 0 aliphatic heterocycles. The zero-order valence-corrected chi connectivity index (χ0v) is 20.8. The standard InChI is InChI=1S/C23H26N4O5S2/c1-5-11-27-19(13-32-17-9-7-16(30-4)8-10-17)25-26-23(27)33-14-20(28)24-21-18(12-15(3)34-21)22(29)31-6-2/h5,7-10,12H,1,6,11,13-14H2,2-4H3,(H,24,28). The molecular formula is C23H26N4O5S2. The number of thiophene rings is 1. The van der Waals surface area contributed by atoms with Crippen molar-refractivity contribution in [3.8, 4) is 11.5 Å². The van der Waals surface area contributed by atoms with E-state index < -0.39 is 5.97 Å². The van der Waals surface area contributed by atoms with Crippen LogP contribution in [0.5, 0.6) is 11.5 Å². The minimum atomic E-state index is -0.456. The molecule has 1 aromatic carbocycles. The number of anilines is 1. The van der Waals surface area contributed by atoms with Gasteiger partial charge in [-0.2, -0.15) is 0 Å². The van der Waals surface area contributed by atoms with Gasteiger partial charge >= 0.3 is 5.97 Å². The van der Waals surface area contributed by atoms with Crippen molar-refractivity contribution in [1.29, 1.82) is 0 Å². The molecular weight excluding hydrogens is 476 g/mol. The summed E-state index contributed by atoms with van der Waals surface area (Å²) in [6.45, 7) is 8.33. The molecule has 3 aromatic rings. The topological polar surface area (TPSA) is 105 Å². The first-order valence-corrected chi connectivity index (χ1v) is 12.2. The number of rotatable bonds is 12. The maximum absolute atomic E-state index is 12.6. The van der Waals surface area contributed by atoms with Crippen LogP contribution < -0.4 is 14.8 Å². The summed E-state index contributed by atoms with van der Waals surface area (Å²) in [5.74, 6) is 1.39. The van der Waals surface area contributed by atoms with E-state index in [1.54, 1.807) is 26.2 Å². The Hall–Kier alpha value is -3.31. The third kappa shape index (κ3) is 6.61. The first kappa shape index (κ1) is 25.3. The lowest BCUT2D eigenvalue weighted by Crippen LogP contribution is -2.16. The second-order valence-corrected chi connectivity index (χ2v) is 9.12. The third-order valence-corrected chi connectivity index (χ3v) is 6.40. The Balaban J connectivity index is 1.62. The van der Waals surface area contributed by atoms with Crippen LogP contribution in [0.25, 0.3) is 0 Å². The quantitative estimate of drug-likeness (QED) is 0.222. The van der Waals surface area contributed by atoms with Crippen LogP contribution in [0, 0.1) is 6.92 Å². The van der Waals surface area contributed by atoms with Crippen molar-refractivity contribution >= 4 is 40.0 Å². The molecule has 3 rings (SSSR count). The van der Waals surface area contributed by atoms with Gasteiger partial charge < -0.3 is 19.5 Å². The number of ether oxygens (including phenoxy) is 3. The van der Waals surface area contributed by atoms with E-state index in [4.69, 9.17) is 14.2 Å². The Bertz CT molecular complexity index is 1140. The number of allylic oxidation sites excluding steroid dienone is 1. The lowest BCUT2D eigenvalue weighted by Gasteiger charge is -2.10. The highest BCUT2D eigenvalue weighted by Crippen LogP contribution is 2.29. The van der Waals surface area contributed by atoms with Crippen LogP contribution in [-0.4, -0.2) is 46.1 Å². The number of carbonyl (C=O) groups excluding carboxylic acids is 2. The molecule has 2 aromatic heterocycles. The van der Waals surface area contributed by atoms with Gasteiger partial charge in [0.15, 0.2) is 11.0 Å². The highest BCUT2D eigenvalue weighted by atomic mass is 32.2. The Labute approximate surface area is 206 Å². The second-order valence-electron chi connectivity index (χ2n) is 6.92. The average molecular weight is 503 g/mol. The van der Waals surface area contributed by atoms with Crippen LogP contribution in [0.1, 0.15) is 28.0 Å². The maximum atomic E-state index is 12.6. The molecule has 0 saturated heterocycles. The van der Waals surface area contributed by atoms with Gasteiger partial charge in [0.25, 0.3) is 0 Å². The Morgan fingerprint density at radius 1 is 1.24 bits per heavy atom. The van der Waals surface area contributed by atoms with E-state index >= 15 is 0 Å². The summed E-state index contributed by atoms with van der Waals surface area (Å²) in [4.78, 5) is 25.6. The van der Waals surface area contributed by atoms with Gasteiger partial charge in [-0.3, -0.25) is 9.36 Å². The number of hydrogen-bond acceptors (Lipinski definition) is 9. The van der Waals surface area contributed by atoms with Gasteiger partial charge in [-0.05, 0) is 44.2 Å². The fourth-order valence-electron chi connectivity index (χ4n) is 2.93. The van der Waals surface area contributed by atoms with E-state index in [9.17, 15) is 9.59 Å². The summed E-state index contributed by atoms with van der Waals surface area (Å²) in [7, 11) is 1.61. The number of thioether (sulfide) groups is 1. The lowest BCUT2D eigenvalue weighted by atomic mass is 10.3. The van der Waals surface area contributed by atoms with Crippen molar-refractivity contribution in [2.24, 2.45) is 0 Å². The zero-order chi connectivity index (χ0) is 24.5. The minimum Gasteiger partial charge on any atom is -0.497 e. The summed E-state index contributed by atoms with van der Waals surface area (Å²) < 4.78 is 17.9. The van der Waals surface area contributed by atoms with Gasteiger partial charge in [-0.15, -0.1) is 28.1 Å². The molecule has 0 atom stereocenters. The molecule has 0 fully saturated rings. The number of esters is 1. The van der Waals surface area contributed by atoms with Crippen LogP contribution in [-0.2, 0) is 22.7 Å². The number of aryl methyl sites for hydroxylation is 1. The van der Waals surface area contributed by atoms with Crippen molar-refractivity contribution in [2.75, 3.05) is 24.8 Å².